The van der Waals surface area contributed by atoms with Gasteiger partial charge in [-0.25, -0.2) is 0 Å². The van der Waals surface area contributed by atoms with E-state index in [1.807, 2.05) is 0 Å². The number of rotatable bonds is 7. The number of carboxylic acid groups (broad SMARTS) is 1. The van der Waals surface area contributed by atoms with Gasteiger partial charge in [0.25, 0.3) is 0 Å². The van der Waals surface area contributed by atoms with Gasteiger partial charge in [0.2, 0.25) is 0 Å². The molecular weight excluding hydrogens is 226 g/mol. The molecule has 0 unspecified atom stereocenters. The van der Waals surface area contributed by atoms with E-state index in [2.05, 4.69) is 38.2 Å². The summed E-state index contributed by atoms with van der Waals surface area (Å²) in [4.78, 5) is 10.3. The van der Waals surface area contributed by atoms with Crippen molar-refractivity contribution in [3.05, 3.63) is 34.4 Å². The van der Waals surface area contributed by atoms with Crippen LogP contribution in [0.3, 0.4) is 0 Å². The van der Waals surface area contributed by atoms with Gasteiger partial charge in [0.05, 0.1) is 0 Å². The SMILES string of the molecule is Cc1cc(C)c(CCNCCCC(=O)O)c(C)c1. The minimum absolute atomic E-state index is 0.246. The molecule has 0 atom stereocenters. The standard InChI is InChI=1S/C15H23NO2/c1-11-9-12(2)14(13(3)10-11)6-8-16-7-4-5-15(17)18/h9-10,16H,4-8H2,1-3H3,(H,17,18). The topological polar surface area (TPSA) is 49.3 Å². The molecule has 0 radical (unpaired) electrons. The predicted molar refractivity (Wildman–Crippen MR) is 74.1 cm³/mol. The van der Waals surface area contributed by atoms with Crippen molar-refractivity contribution in [2.75, 3.05) is 13.1 Å². The van der Waals surface area contributed by atoms with Crippen molar-refractivity contribution in [1.82, 2.24) is 5.32 Å². The molecule has 0 amide bonds. The van der Waals surface area contributed by atoms with E-state index < -0.39 is 5.97 Å². The van der Waals surface area contributed by atoms with Gasteiger partial charge in [0.1, 0.15) is 0 Å². The third kappa shape index (κ3) is 4.88. The monoisotopic (exact) mass is 249 g/mol. The largest absolute Gasteiger partial charge is 0.481 e. The van der Waals surface area contributed by atoms with Crippen LogP contribution in [0.5, 0.6) is 0 Å². The molecule has 1 aromatic rings. The zero-order chi connectivity index (χ0) is 13.5. The molecule has 3 nitrogen and oxygen atoms in total. The lowest BCUT2D eigenvalue weighted by Gasteiger charge is -2.11. The van der Waals surface area contributed by atoms with Crippen molar-refractivity contribution in [2.45, 2.75) is 40.0 Å². The van der Waals surface area contributed by atoms with Crippen LogP contribution in [-0.4, -0.2) is 24.2 Å². The molecule has 0 bridgehead atoms. The minimum Gasteiger partial charge on any atom is -0.481 e. The molecule has 2 N–H and O–H groups in total. The summed E-state index contributed by atoms with van der Waals surface area (Å²) in [5.74, 6) is -0.720. The lowest BCUT2D eigenvalue weighted by atomic mass is 9.97. The van der Waals surface area contributed by atoms with Gasteiger partial charge in [-0.15, -0.1) is 0 Å². The van der Waals surface area contributed by atoms with Crippen molar-refractivity contribution < 1.29 is 9.90 Å². The zero-order valence-electron chi connectivity index (χ0n) is 11.5. The summed E-state index contributed by atoms with van der Waals surface area (Å²) in [6.07, 6.45) is 1.95. The van der Waals surface area contributed by atoms with Crippen molar-refractivity contribution in [1.29, 1.82) is 0 Å². The highest BCUT2D eigenvalue weighted by Gasteiger charge is 2.03. The molecular formula is C15H23NO2. The van der Waals surface area contributed by atoms with Gasteiger partial charge >= 0.3 is 5.97 Å². The number of hydrogen-bond acceptors (Lipinski definition) is 2. The lowest BCUT2D eigenvalue weighted by molar-refractivity contribution is -0.137. The first-order valence-electron chi connectivity index (χ1n) is 6.50. The number of aliphatic carboxylic acids is 1. The number of carboxylic acids is 1. The molecule has 100 valence electrons. The fraction of sp³-hybridized carbons (Fsp3) is 0.533. The third-order valence-corrected chi connectivity index (χ3v) is 3.14. The first-order valence-corrected chi connectivity index (χ1v) is 6.50. The second-order valence-electron chi connectivity index (χ2n) is 4.87. The molecule has 0 saturated carbocycles. The van der Waals surface area contributed by atoms with Gasteiger partial charge in [0, 0.05) is 6.42 Å². The summed E-state index contributed by atoms with van der Waals surface area (Å²) in [5, 5.41) is 11.8. The Morgan fingerprint density at radius 3 is 2.33 bits per heavy atom. The van der Waals surface area contributed by atoms with E-state index in [9.17, 15) is 4.79 Å². The Morgan fingerprint density at radius 2 is 1.78 bits per heavy atom. The first kappa shape index (κ1) is 14.7. The Bertz CT molecular complexity index is 390. The molecule has 0 saturated heterocycles. The third-order valence-electron chi connectivity index (χ3n) is 3.14. The second kappa shape index (κ2) is 7.17. The Balaban J connectivity index is 2.33. The molecule has 1 aromatic carbocycles. The van der Waals surface area contributed by atoms with Crippen LogP contribution in [0.4, 0.5) is 0 Å². The van der Waals surface area contributed by atoms with Gasteiger partial charge in [-0.05, 0) is 63.4 Å². The lowest BCUT2D eigenvalue weighted by Crippen LogP contribution is -2.20. The van der Waals surface area contributed by atoms with Crippen molar-refractivity contribution in [3.63, 3.8) is 0 Å². The highest BCUT2D eigenvalue weighted by molar-refractivity contribution is 5.66. The predicted octanol–water partition coefficient (Wildman–Crippen LogP) is 2.61. The maximum atomic E-state index is 10.3. The van der Waals surface area contributed by atoms with Gasteiger partial charge < -0.3 is 10.4 Å². The van der Waals surface area contributed by atoms with Crippen LogP contribution in [0, 0.1) is 20.8 Å². The minimum atomic E-state index is -0.720. The van der Waals surface area contributed by atoms with Crippen LogP contribution in [-0.2, 0) is 11.2 Å². The van der Waals surface area contributed by atoms with Gasteiger partial charge in [-0.2, -0.15) is 0 Å². The highest BCUT2D eigenvalue weighted by atomic mass is 16.4. The smallest absolute Gasteiger partial charge is 0.303 e. The van der Waals surface area contributed by atoms with Gasteiger partial charge in [0.15, 0.2) is 0 Å². The molecule has 3 heteroatoms. The van der Waals surface area contributed by atoms with E-state index in [1.54, 1.807) is 0 Å². The molecule has 0 aliphatic heterocycles. The molecule has 0 aliphatic carbocycles. The quantitative estimate of drug-likeness (QED) is 0.730. The molecule has 18 heavy (non-hydrogen) atoms. The van der Waals surface area contributed by atoms with E-state index in [4.69, 9.17) is 5.11 Å². The van der Waals surface area contributed by atoms with E-state index in [0.29, 0.717) is 6.42 Å². The number of benzene rings is 1. The van der Waals surface area contributed by atoms with E-state index in [-0.39, 0.29) is 6.42 Å². The Kier molecular flexibility index (Phi) is 5.86. The molecule has 0 spiro atoms. The zero-order valence-corrected chi connectivity index (χ0v) is 11.5. The van der Waals surface area contributed by atoms with Crippen LogP contribution in [0.2, 0.25) is 0 Å². The van der Waals surface area contributed by atoms with E-state index in [0.717, 1.165) is 19.5 Å². The highest BCUT2D eigenvalue weighted by Crippen LogP contribution is 2.16. The summed E-state index contributed by atoms with van der Waals surface area (Å²) < 4.78 is 0. The Labute approximate surface area is 109 Å². The average Bonchev–Trinajstić information content (AvgIpc) is 2.25. The van der Waals surface area contributed by atoms with E-state index in [1.165, 1.54) is 22.3 Å². The van der Waals surface area contributed by atoms with E-state index >= 15 is 0 Å². The summed E-state index contributed by atoms with van der Waals surface area (Å²) in [6, 6.07) is 4.43. The van der Waals surface area contributed by atoms with Crippen LogP contribution >= 0.6 is 0 Å². The van der Waals surface area contributed by atoms with Crippen LogP contribution in [0.25, 0.3) is 0 Å². The van der Waals surface area contributed by atoms with Crippen molar-refractivity contribution in [3.8, 4) is 0 Å². The van der Waals surface area contributed by atoms with Crippen LogP contribution < -0.4 is 5.32 Å². The fourth-order valence-electron chi connectivity index (χ4n) is 2.31. The molecule has 0 heterocycles. The van der Waals surface area contributed by atoms with Gasteiger partial charge in [-0.1, -0.05) is 17.7 Å². The van der Waals surface area contributed by atoms with Crippen molar-refractivity contribution in [2.24, 2.45) is 0 Å². The summed E-state index contributed by atoms with van der Waals surface area (Å²) >= 11 is 0. The number of aryl methyl sites for hydroxylation is 3. The maximum absolute atomic E-state index is 10.3. The second-order valence-corrected chi connectivity index (χ2v) is 4.87. The Hall–Kier alpha value is -1.35. The first-order chi connectivity index (χ1) is 8.50. The van der Waals surface area contributed by atoms with Gasteiger partial charge in [-0.3, -0.25) is 4.79 Å². The number of hydrogen-bond donors (Lipinski definition) is 2. The maximum Gasteiger partial charge on any atom is 0.303 e. The summed E-state index contributed by atoms with van der Waals surface area (Å²) in [7, 11) is 0. The molecule has 0 aromatic heterocycles. The average molecular weight is 249 g/mol. The normalized spacial score (nSPS) is 10.6. The number of carbonyl (C=O) groups is 1. The van der Waals surface area contributed by atoms with Crippen molar-refractivity contribution >= 4 is 5.97 Å². The van der Waals surface area contributed by atoms with Crippen LogP contribution in [0.15, 0.2) is 12.1 Å². The number of nitrogens with one attached hydrogen (secondary N) is 1. The fourth-order valence-corrected chi connectivity index (χ4v) is 2.31. The molecule has 1 rings (SSSR count). The molecule has 0 fully saturated rings. The Morgan fingerprint density at radius 1 is 1.17 bits per heavy atom. The molecule has 0 aliphatic rings. The summed E-state index contributed by atoms with van der Waals surface area (Å²) in [6.45, 7) is 8.11. The summed E-state index contributed by atoms with van der Waals surface area (Å²) in [5.41, 5.74) is 5.41. The van der Waals surface area contributed by atoms with Crippen LogP contribution in [0.1, 0.15) is 35.1 Å².